The fourth-order valence-electron chi connectivity index (χ4n) is 2.79. The van der Waals surface area contributed by atoms with E-state index in [1.54, 1.807) is 30.3 Å². The highest BCUT2D eigenvalue weighted by Crippen LogP contribution is 2.26. The molecule has 0 radical (unpaired) electrons. The van der Waals surface area contributed by atoms with E-state index < -0.39 is 27.9 Å². The van der Waals surface area contributed by atoms with E-state index in [0.29, 0.717) is 18.7 Å². The number of carbonyl (C=O) groups is 2. The lowest BCUT2D eigenvalue weighted by Crippen LogP contribution is -2.33. The van der Waals surface area contributed by atoms with Crippen molar-refractivity contribution in [3.8, 4) is 0 Å². The molecule has 1 fully saturated rings. The molecule has 3 rings (SSSR count). The zero-order valence-corrected chi connectivity index (χ0v) is 15.4. The van der Waals surface area contributed by atoms with Gasteiger partial charge >= 0.3 is 5.97 Å². The molecule has 1 aliphatic heterocycles. The van der Waals surface area contributed by atoms with E-state index in [-0.39, 0.29) is 9.77 Å². The Morgan fingerprint density at radius 3 is 2.42 bits per heavy atom. The van der Waals surface area contributed by atoms with Gasteiger partial charge < -0.3 is 10.4 Å². The maximum Gasteiger partial charge on any atom is 0.330 e. The predicted octanol–water partition coefficient (Wildman–Crippen LogP) is 2.09. The normalized spacial score (nSPS) is 16.3. The monoisotopic (exact) mass is 394 g/mol. The van der Waals surface area contributed by atoms with Crippen molar-refractivity contribution in [2.24, 2.45) is 0 Å². The first kappa shape index (κ1) is 18.6. The maximum atomic E-state index is 12.5. The molecule has 1 aromatic carbocycles. The molecule has 1 saturated heterocycles. The molecule has 2 aromatic rings. The Kier molecular flexibility index (Phi) is 5.40. The SMILES string of the molecule is O=C(N[C@@H](C(=O)O)c1ccccc1)c1cc(S(=O)(=O)N2CCCC2)cs1. The van der Waals surface area contributed by atoms with Gasteiger partial charge in [-0.1, -0.05) is 30.3 Å². The summed E-state index contributed by atoms with van der Waals surface area (Å²) in [4.78, 5) is 24.1. The summed E-state index contributed by atoms with van der Waals surface area (Å²) in [6.07, 6.45) is 1.65. The third-order valence-electron chi connectivity index (χ3n) is 4.16. The van der Waals surface area contributed by atoms with Crippen molar-refractivity contribution in [1.29, 1.82) is 0 Å². The number of hydrogen-bond acceptors (Lipinski definition) is 5. The standard InChI is InChI=1S/C17H18N2O5S2/c20-16(18-15(17(21)22)12-6-2-1-3-7-12)14-10-13(11-25-14)26(23,24)19-8-4-5-9-19/h1-3,6-7,10-11,15H,4-5,8-9H2,(H,18,20)(H,21,22)/t15-/m1/s1. The fourth-order valence-corrected chi connectivity index (χ4v) is 5.47. The summed E-state index contributed by atoms with van der Waals surface area (Å²) in [6, 6.07) is 8.43. The zero-order valence-electron chi connectivity index (χ0n) is 13.8. The summed E-state index contributed by atoms with van der Waals surface area (Å²) in [6.45, 7) is 0.962. The molecule has 138 valence electrons. The first-order chi connectivity index (χ1) is 12.4. The third-order valence-corrected chi connectivity index (χ3v) is 7.11. The second-order valence-corrected chi connectivity index (χ2v) is 8.76. The Balaban J connectivity index is 1.78. The minimum absolute atomic E-state index is 0.0705. The highest BCUT2D eigenvalue weighted by molar-refractivity contribution is 7.89. The van der Waals surface area contributed by atoms with E-state index in [9.17, 15) is 23.1 Å². The van der Waals surface area contributed by atoms with Gasteiger partial charge in [0.15, 0.2) is 6.04 Å². The van der Waals surface area contributed by atoms with Crippen LogP contribution in [-0.2, 0) is 14.8 Å². The molecule has 0 saturated carbocycles. The van der Waals surface area contributed by atoms with Crippen LogP contribution in [0.4, 0.5) is 0 Å². The van der Waals surface area contributed by atoms with Crippen LogP contribution >= 0.6 is 11.3 Å². The Morgan fingerprint density at radius 2 is 1.81 bits per heavy atom. The van der Waals surface area contributed by atoms with Crippen molar-refractivity contribution in [2.75, 3.05) is 13.1 Å². The van der Waals surface area contributed by atoms with Crippen LogP contribution in [0.15, 0.2) is 46.7 Å². The average molecular weight is 394 g/mol. The largest absolute Gasteiger partial charge is 0.479 e. The summed E-state index contributed by atoms with van der Waals surface area (Å²) >= 11 is 0.981. The number of amides is 1. The zero-order chi connectivity index (χ0) is 18.7. The van der Waals surface area contributed by atoms with E-state index in [1.807, 2.05) is 0 Å². The van der Waals surface area contributed by atoms with Crippen LogP contribution in [-0.4, -0.2) is 42.8 Å². The number of carbonyl (C=O) groups excluding carboxylic acids is 1. The Labute approximate surface area is 155 Å². The van der Waals surface area contributed by atoms with Gasteiger partial charge in [-0.25, -0.2) is 13.2 Å². The summed E-state index contributed by atoms with van der Waals surface area (Å²) in [5, 5.41) is 13.3. The highest BCUT2D eigenvalue weighted by Gasteiger charge is 2.29. The lowest BCUT2D eigenvalue weighted by atomic mass is 10.1. The van der Waals surface area contributed by atoms with Gasteiger partial charge in [0, 0.05) is 18.5 Å². The van der Waals surface area contributed by atoms with Gasteiger partial charge in [-0.15, -0.1) is 11.3 Å². The molecule has 0 spiro atoms. The van der Waals surface area contributed by atoms with Crippen molar-refractivity contribution >= 4 is 33.2 Å². The molecule has 2 N–H and O–H groups in total. The molecule has 1 aliphatic rings. The molecule has 2 heterocycles. The number of nitrogens with one attached hydrogen (secondary N) is 1. The average Bonchev–Trinajstić information content (AvgIpc) is 3.31. The Bertz CT molecular complexity index is 902. The number of carboxylic acids is 1. The third kappa shape index (κ3) is 3.79. The van der Waals surface area contributed by atoms with E-state index in [4.69, 9.17) is 0 Å². The molecule has 1 atom stereocenters. The lowest BCUT2D eigenvalue weighted by Gasteiger charge is -2.14. The van der Waals surface area contributed by atoms with E-state index >= 15 is 0 Å². The summed E-state index contributed by atoms with van der Waals surface area (Å²) in [7, 11) is -3.60. The minimum Gasteiger partial charge on any atom is -0.479 e. The first-order valence-corrected chi connectivity index (χ1v) is 10.4. The maximum absolute atomic E-state index is 12.5. The Morgan fingerprint density at radius 1 is 1.15 bits per heavy atom. The number of nitrogens with zero attached hydrogens (tertiary/aromatic N) is 1. The molecule has 1 aromatic heterocycles. The van der Waals surface area contributed by atoms with Crippen LogP contribution < -0.4 is 5.32 Å². The number of sulfonamides is 1. The van der Waals surface area contributed by atoms with E-state index in [1.165, 1.54) is 15.8 Å². The van der Waals surface area contributed by atoms with Gasteiger partial charge in [0.2, 0.25) is 10.0 Å². The number of thiophene rings is 1. The van der Waals surface area contributed by atoms with Crippen LogP contribution in [0.3, 0.4) is 0 Å². The van der Waals surface area contributed by atoms with Crippen molar-refractivity contribution < 1.29 is 23.1 Å². The van der Waals surface area contributed by atoms with E-state index in [0.717, 1.165) is 24.2 Å². The molecule has 9 heteroatoms. The van der Waals surface area contributed by atoms with Crippen LogP contribution in [0, 0.1) is 0 Å². The number of benzene rings is 1. The fraction of sp³-hybridized carbons (Fsp3) is 0.294. The van der Waals surface area contributed by atoms with Crippen molar-refractivity contribution in [3.05, 3.63) is 52.2 Å². The second-order valence-electron chi connectivity index (χ2n) is 5.91. The van der Waals surface area contributed by atoms with Gasteiger partial charge in [-0.05, 0) is 24.5 Å². The molecule has 0 aliphatic carbocycles. The second kappa shape index (κ2) is 7.56. The highest BCUT2D eigenvalue weighted by atomic mass is 32.2. The van der Waals surface area contributed by atoms with Gasteiger partial charge in [0.05, 0.1) is 9.77 Å². The lowest BCUT2D eigenvalue weighted by molar-refractivity contribution is -0.139. The molecule has 0 unspecified atom stereocenters. The topological polar surface area (TPSA) is 104 Å². The predicted molar refractivity (Wildman–Crippen MR) is 96.6 cm³/mol. The molecule has 7 nitrogen and oxygen atoms in total. The smallest absolute Gasteiger partial charge is 0.330 e. The van der Waals surface area contributed by atoms with Crippen molar-refractivity contribution in [1.82, 2.24) is 9.62 Å². The van der Waals surface area contributed by atoms with Gasteiger partial charge in [0.1, 0.15) is 0 Å². The molecular formula is C17H18N2O5S2. The van der Waals surface area contributed by atoms with Gasteiger partial charge in [0.25, 0.3) is 5.91 Å². The summed E-state index contributed by atoms with van der Waals surface area (Å²) in [5.74, 6) is -1.81. The quantitative estimate of drug-likeness (QED) is 0.781. The number of aliphatic carboxylic acids is 1. The molecule has 1 amide bonds. The van der Waals surface area contributed by atoms with Crippen LogP contribution in [0.1, 0.15) is 34.1 Å². The number of hydrogen-bond donors (Lipinski definition) is 2. The number of carboxylic acid groups (broad SMARTS) is 1. The molecule has 0 bridgehead atoms. The van der Waals surface area contributed by atoms with Crippen LogP contribution in [0.2, 0.25) is 0 Å². The van der Waals surface area contributed by atoms with Crippen LogP contribution in [0.25, 0.3) is 0 Å². The summed E-state index contributed by atoms with van der Waals surface area (Å²) < 4.78 is 26.5. The van der Waals surface area contributed by atoms with Gasteiger partial charge in [-0.2, -0.15) is 4.31 Å². The number of rotatable bonds is 6. The van der Waals surface area contributed by atoms with Crippen molar-refractivity contribution in [3.63, 3.8) is 0 Å². The van der Waals surface area contributed by atoms with E-state index in [2.05, 4.69) is 5.32 Å². The van der Waals surface area contributed by atoms with Crippen molar-refractivity contribution in [2.45, 2.75) is 23.8 Å². The van der Waals surface area contributed by atoms with Gasteiger partial charge in [-0.3, -0.25) is 4.79 Å². The molecule has 26 heavy (non-hydrogen) atoms. The minimum atomic E-state index is -3.60. The summed E-state index contributed by atoms with van der Waals surface area (Å²) in [5.41, 5.74) is 0.440. The Hall–Kier alpha value is -2.23. The first-order valence-electron chi connectivity index (χ1n) is 8.07. The van der Waals surface area contributed by atoms with Crippen LogP contribution in [0.5, 0.6) is 0 Å². The molecular weight excluding hydrogens is 376 g/mol.